The molecule has 2 N–H and O–H groups in total. The van der Waals surface area contributed by atoms with Crippen molar-refractivity contribution in [3.63, 3.8) is 0 Å². The quantitative estimate of drug-likeness (QED) is 0.773. The first kappa shape index (κ1) is 17.6. The maximum absolute atomic E-state index is 12.5. The Morgan fingerprint density at radius 1 is 1.40 bits per heavy atom. The third-order valence-corrected chi connectivity index (χ3v) is 5.34. The molecule has 0 aromatic carbocycles. The van der Waals surface area contributed by atoms with E-state index in [1.807, 2.05) is 17.5 Å². The molecule has 1 atom stereocenters. The number of ketones is 1. The monoisotopic (exact) mass is 360 g/mol. The number of rotatable bonds is 6. The number of nitrogens with one attached hydrogen (secondary N) is 2. The number of hydrogen-bond donors (Lipinski definition) is 2. The molecule has 0 saturated carbocycles. The summed E-state index contributed by atoms with van der Waals surface area (Å²) in [6.45, 7) is 0.945. The number of aromatic amines is 1. The Labute approximate surface area is 149 Å². The van der Waals surface area contributed by atoms with Gasteiger partial charge in [-0.2, -0.15) is 0 Å². The summed E-state index contributed by atoms with van der Waals surface area (Å²) in [5.41, 5.74) is 0.603. The van der Waals surface area contributed by atoms with Crippen LogP contribution in [0.3, 0.4) is 0 Å². The van der Waals surface area contributed by atoms with E-state index in [4.69, 9.17) is 4.74 Å². The fourth-order valence-corrected chi connectivity index (χ4v) is 3.87. The van der Waals surface area contributed by atoms with Crippen molar-refractivity contribution in [2.45, 2.75) is 25.2 Å². The number of hydrogen-bond acceptors (Lipinski definition) is 5. The zero-order valence-electron chi connectivity index (χ0n) is 14.0. The topological polar surface area (TPSA) is 88.3 Å². The molecule has 0 bridgehead atoms. The molecule has 2 aromatic rings. The van der Waals surface area contributed by atoms with E-state index in [0.717, 1.165) is 4.88 Å². The van der Waals surface area contributed by atoms with Crippen LogP contribution in [-0.4, -0.2) is 36.9 Å². The van der Waals surface area contributed by atoms with E-state index in [1.54, 1.807) is 18.4 Å². The normalized spacial score (nSPS) is 16.5. The van der Waals surface area contributed by atoms with E-state index >= 15 is 0 Å². The lowest BCUT2D eigenvalue weighted by Gasteiger charge is -2.22. The van der Waals surface area contributed by atoms with E-state index in [2.05, 4.69) is 10.3 Å². The maximum Gasteiger partial charge on any atom is 0.261 e. The lowest BCUT2D eigenvalue weighted by atomic mass is 9.84. The number of fused-ring (bicyclic) bond motifs is 1. The van der Waals surface area contributed by atoms with Crippen molar-refractivity contribution in [1.29, 1.82) is 0 Å². The van der Waals surface area contributed by atoms with E-state index in [0.29, 0.717) is 43.7 Å². The number of carbonyl (C=O) groups excluding carboxylic acids is 2. The summed E-state index contributed by atoms with van der Waals surface area (Å²) in [7, 11) is 1.59. The summed E-state index contributed by atoms with van der Waals surface area (Å²) in [4.78, 5) is 40.9. The second kappa shape index (κ2) is 7.76. The third kappa shape index (κ3) is 3.88. The van der Waals surface area contributed by atoms with Gasteiger partial charge in [-0.3, -0.25) is 14.4 Å². The summed E-state index contributed by atoms with van der Waals surface area (Å²) in [5.74, 6) is -0.415. The second-order valence-electron chi connectivity index (χ2n) is 6.05. The molecule has 1 unspecified atom stereocenters. The summed E-state index contributed by atoms with van der Waals surface area (Å²) >= 11 is 1.61. The first-order chi connectivity index (χ1) is 12.1. The Morgan fingerprint density at radius 3 is 2.96 bits per heavy atom. The molecule has 1 aliphatic rings. The highest BCUT2D eigenvalue weighted by molar-refractivity contribution is 7.10. The molecule has 6 nitrogen and oxygen atoms in total. The van der Waals surface area contributed by atoms with Crippen LogP contribution in [0.2, 0.25) is 0 Å². The number of ether oxygens (including phenoxy) is 1. The van der Waals surface area contributed by atoms with Crippen molar-refractivity contribution >= 4 is 23.0 Å². The fourth-order valence-electron chi connectivity index (χ4n) is 3.04. The number of H-pyrrole nitrogens is 1. The summed E-state index contributed by atoms with van der Waals surface area (Å²) in [6.07, 6.45) is 1.66. The van der Waals surface area contributed by atoms with Gasteiger partial charge in [0.1, 0.15) is 5.56 Å². The molecule has 3 rings (SSSR count). The largest absolute Gasteiger partial charge is 0.385 e. The smallest absolute Gasteiger partial charge is 0.261 e. The van der Waals surface area contributed by atoms with Gasteiger partial charge < -0.3 is 15.0 Å². The van der Waals surface area contributed by atoms with Crippen LogP contribution in [0.1, 0.15) is 50.0 Å². The van der Waals surface area contributed by atoms with Gasteiger partial charge in [0.05, 0.1) is 0 Å². The number of Topliss-reactive ketones (excluding diaryl/α,β-unsaturated/α-hetero) is 1. The fraction of sp³-hybridized carbons (Fsp3) is 0.389. The number of amides is 1. The molecule has 0 fully saturated rings. The van der Waals surface area contributed by atoms with Crippen LogP contribution >= 0.6 is 11.3 Å². The van der Waals surface area contributed by atoms with Crippen molar-refractivity contribution < 1.29 is 14.3 Å². The number of thiophene rings is 1. The zero-order valence-corrected chi connectivity index (χ0v) is 14.8. The SMILES string of the molecule is COCCCNC(=O)c1cc2c([nH]c1=O)CC(c1cccs1)CC2=O. The highest BCUT2D eigenvalue weighted by atomic mass is 32.1. The predicted molar refractivity (Wildman–Crippen MR) is 95.6 cm³/mol. The van der Waals surface area contributed by atoms with Crippen molar-refractivity contribution in [2.24, 2.45) is 0 Å². The Balaban J connectivity index is 1.80. The molecule has 132 valence electrons. The van der Waals surface area contributed by atoms with Gasteiger partial charge >= 0.3 is 0 Å². The molecule has 0 aliphatic heterocycles. The van der Waals surface area contributed by atoms with Crippen molar-refractivity contribution in [1.82, 2.24) is 10.3 Å². The van der Waals surface area contributed by atoms with Crippen LogP contribution in [0.15, 0.2) is 28.4 Å². The first-order valence-corrected chi connectivity index (χ1v) is 9.08. The summed E-state index contributed by atoms with van der Waals surface area (Å²) in [6, 6.07) is 5.40. The molecule has 0 radical (unpaired) electrons. The van der Waals surface area contributed by atoms with Crippen LogP contribution in [0.25, 0.3) is 0 Å². The van der Waals surface area contributed by atoms with Crippen molar-refractivity contribution in [3.05, 3.63) is 55.6 Å². The average molecular weight is 360 g/mol. The Kier molecular flexibility index (Phi) is 5.45. The van der Waals surface area contributed by atoms with Gasteiger partial charge in [0, 0.05) is 48.7 Å². The molecule has 7 heteroatoms. The molecule has 2 aromatic heterocycles. The van der Waals surface area contributed by atoms with Crippen LogP contribution in [0, 0.1) is 0 Å². The molecule has 25 heavy (non-hydrogen) atoms. The van der Waals surface area contributed by atoms with Gasteiger partial charge in [-0.25, -0.2) is 0 Å². The van der Waals surface area contributed by atoms with Gasteiger partial charge in [0.15, 0.2) is 5.78 Å². The zero-order chi connectivity index (χ0) is 17.8. The van der Waals surface area contributed by atoms with Gasteiger partial charge in [-0.1, -0.05) is 6.07 Å². The van der Waals surface area contributed by atoms with E-state index in [1.165, 1.54) is 6.07 Å². The maximum atomic E-state index is 12.5. The van der Waals surface area contributed by atoms with E-state index < -0.39 is 11.5 Å². The Morgan fingerprint density at radius 2 is 2.24 bits per heavy atom. The lowest BCUT2D eigenvalue weighted by molar-refractivity contribution is 0.0947. The van der Waals surface area contributed by atoms with Crippen LogP contribution in [0.5, 0.6) is 0 Å². The number of carbonyl (C=O) groups is 2. The van der Waals surface area contributed by atoms with E-state index in [-0.39, 0.29) is 17.3 Å². The molecule has 0 spiro atoms. The molecular weight excluding hydrogens is 340 g/mol. The third-order valence-electron chi connectivity index (χ3n) is 4.31. The highest BCUT2D eigenvalue weighted by Gasteiger charge is 2.29. The molecular formula is C18H20N2O4S. The Hall–Kier alpha value is -2.25. The predicted octanol–water partition coefficient (Wildman–Crippen LogP) is 2.12. The second-order valence-corrected chi connectivity index (χ2v) is 7.03. The minimum Gasteiger partial charge on any atom is -0.385 e. The van der Waals surface area contributed by atoms with Gasteiger partial charge in [0.2, 0.25) is 0 Å². The van der Waals surface area contributed by atoms with Crippen LogP contribution < -0.4 is 10.9 Å². The standard InChI is InChI=1S/C18H20N2O4S/c1-24-6-3-5-19-17(22)13-10-12-14(20-18(13)23)8-11(9-15(12)21)16-4-2-7-25-16/h2,4,7,10-11H,3,5-6,8-9H2,1H3,(H,19,22)(H,20,23). The van der Waals surface area contributed by atoms with Crippen molar-refractivity contribution in [2.75, 3.05) is 20.3 Å². The molecule has 0 saturated heterocycles. The summed E-state index contributed by atoms with van der Waals surface area (Å²) in [5, 5.41) is 4.66. The number of methoxy groups -OCH3 is 1. The van der Waals surface area contributed by atoms with Crippen LogP contribution in [-0.2, 0) is 11.2 Å². The highest BCUT2D eigenvalue weighted by Crippen LogP contribution is 2.33. The van der Waals surface area contributed by atoms with E-state index in [9.17, 15) is 14.4 Å². The van der Waals surface area contributed by atoms with Gasteiger partial charge in [-0.05, 0) is 30.4 Å². The Bertz CT molecular complexity index is 826. The van der Waals surface area contributed by atoms with Crippen molar-refractivity contribution in [3.8, 4) is 0 Å². The van der Waals surface area contributed by atoms with Gasteiger partial charge in [-0.15, -0.1) is 11.3 Å². The minimum absolute atomic E-state index is 0.0147. The average Bonchev–Trinajstić information content (AvgIpc) is 3.12. The van der Waals surface area contributed by atoms with Crippen LogP contribution in [0.4, 0.5) is 0 Å². The molecule has 1 amide bonds. The minimum atomic E-state index is -0.465. The summed E-state index contributed by atoms with van der Waals surface area (Å²) < 4.78 is 4.92. The van der Waals surface area contributed by atoms with Gasteiger partial charge in [0.25, 0.3) is 11.5 Å². The first-order valence-electron chi connectivity index (χ1n) is 8.20. The number of aromatic nitrogens is 1. The lowest BCUT2D eigenvalue weighted by Crippen LogP contribution is -2.33. The molecule has 2 heterocycles. The number of pyridine rings is 1. The molecule has 1 aliphatic carbocycles.